The highest BCUT2D eigenvalue weighted by molar-refractivity contribution is 6.31. The molecule has 0 unspecified atom stereocenters. The van der Waals surface area contributed by atoms with E-state index < -0.39 is 0 Å². The van der Waals surface area contributed by atoms with Gasteiger partial charge in [0.1, 0.15) is 0 Å². The molecular formula is C82H48N4. The molecule has 2 aliphatic carbocycles. The molecule has 0 bridgehead atoms. The van der Waals surface area contributed by atoms with Crippen LogP contribution in [-0.2, 0) is 0 Å². The van der Waals surface area contributed by atoms with Gasteiger partial charge < -0.3 is 0 Å². The first-order chi connectivity index (χ1) is 42.1. The Kier molecular flexibility index (Phi) is 11.0. The van der Waals surface area contributed by atoms with Crippen molar-refractivity contribution in [1.82, 2.24) is 0 Å². The molecule has 0 saturated heterocycles. The zero-order chi connectivity index (χ0) is 58.2. The third kappa shape index (κ3) is 7.25. The first-order valence-corrected chi connectivity index (χ1v) is 29.0. The van der Waals surface area contributed by atoms with Crippen LogP contribution in [0.3, 0.4) is 0 Å². The van der Waals surface area contributed by atoms with Gasteiger partial charge in [0, 0.05) is 0 Å². The molecule has 0 saturated carbocycles. The number of fused-ring (bicyclic) bond motifs is 11. The predicted octanol–water partition coefficient (Wildman–Crippen LogP) is 21.5. The van der Waals surface area contributed by atoms with Gasteiger partial charge in [-0.1, -0.05) is 146 Å². The minimum atomic E-state index is 0.576. The lowest BCUT2D eigenvalue weighted by Crippen LogP contribution is -1.95. The maximum absolute atomic E-state index is 10.8. The molecule has 0 aliphatic heterocycles. The summed E-state index contributed by atoms with van der Waals surface area (Å²) in [7, 11) is 0. The van der Waals surface area contributed by atoms with Crippen LogP contribution in [0, 0.1) is 73.0 Å². The Balaban J connectivity index is 1.05. The monoisotopic (exact) mass is 1090 g/mol. The lowest BCUT2D eigenvalue weighted by Gasteiger charge is -2.21. The third-order valence-electron chi connectivity index (χ3n) is 18.5. The Bertz CT molecular complexity index is 5550. The molecule has 0 fully saturated rings. The molecule has 0 spiro atoms. The van der Waals surface area contributed by atoms with E-state index in [0.29, 0.717) is 22.3 Å². The van der Waals surface area contributed by atoms with Crippen molar-refractivity contribution in [1.29, 1.82) is 21.0 Å². The van der Waals surface area contributed by atoms with Crippen molar-refractivity contribution in [3.05, 3.63) is 263 Å². The summed E-state index contributed by atoms with van der Waals surface area (Å²) >= 11 is 0. The normalized spacial score (nSPS) is 11.7. The van der Waals surface area contributed by atoms with Gasteiger partial charge in [-0.2, -0.15) is 21.0 Å². The predicted molar refractivity (Wildman–Crippen MR) is 353 cm³/mol. The van der Waals surface area contributed by atoms with E-state index in [9.17, 15) is 21.0 Å². The Morgan fingerprint density at radius 2 is 0.605 bits per heavy atom. The average Bonchev–Trinajstić information content (AvgIpc) is 1.49. The number of nitrogens with zero attached hydrogens (tertiary/aromatic N) is 4. The van der Waals surface area contributed by atoms with E-state index in [2.05, 4.69) is 222 Å². The Morgan fingerprint density at radius 1 is 0.209 bits per heavy atom. The van der Waals surface area contributed by atoms with Gasteiger partial charge in [0.2, 0.25) is 0 Å². The topological polar surface area (TPSA) is 95.2 Å². The first-order valence-electron chi connectivity index (χ1n) is 29.0. The van der Waals surface area contributed by atoms with Crippen LogP contribution in [0.4, 0.5) is 0 Å². The maximum Gasteiger partial charge on any atom is 0.0991 e. The number of aryl methyl sites for hydroxylation is 4. The SMILES string of the molecule is Cc1cc(C#N)cc(C)c1-c1ccc2c3c(cccc13)-c1cc3c(cc1-2)c(-c1cc(C#N)ccc1-c1ccccc1)cc1c2cc4c(c(-c5cc(C#N)ccc5-c5ccccc5)c2ccc31)-c1ccc(-c2c(C)cc(C#N)cc2C)c2cccc-4c12. The molecule has 2 aliphatic rings. The smallest absolute Gasteiger partial charge is 0.0991 e. The fraction of sp³-hybridized carbons (Fsp3) is 0.0488. The van der Waals surface area contributed by atoms with Crippen LogP contribution in [0.15, 0.2) is 218 Å². The largest absolute Gasteiger partial charge is 0.192 e. The van der Waals surface area contributed by atoms with Gasteiger partial charge in [-0.05, 0) is 288 Å². The van der Waals surface area contributed by atoms with Crippen molar-refractivity contribution in [3.63, 3.8) is 0 Å². The van der Waals surface area contributed by atoms with E-state index >= 15 is 0 Å². The van der Waals surface area contributed by atoms with Crippen LogP contribution in [0.1, 0.15) is 44.5 Å². The highest BCUT2D eigenvalue weighted by atomic mass is 14.4. The molecule has 14 aromatic carbocycles. The van der Waals surface area contributed by atoms with E-state index in [1.54, 1.807) is 0 Å². The fourth-order valence-electron chi connectivity index (χ4n) is 15.0. The van der Waals surface area contributed by atoms with E-state index in [-0.39, 0.29) is 0 Å². The third-order valence-corrected chi connectivity index (χ3v) is 18.5. The number of nitriles is 4. The molecule has 0 amide bonds. The van der Waals surface area contributed by atoms with Gasteiger partial charge in [-0.3, -0.25) is 0 Å². The molecule has 0 N–H and O–H groups in total. The summed E-state index contributed by atoms with van der Waals surface area (Å²) in [6.07, 6.45) is 0. The Hall–Kier alpha value is -11.7. The highest BCUT2D eigenvalue weighted by Crippen LogP contribution is 2.59. The van der Waals surface area contributed by atoms with Crippen LogP contribution < -0.4 is 0 Å². The molecule has 16 rings (SSSR count). The van der Waals surface area contributed by atoms with Gasteiger partial charge in [0.25, 0.3) is 0 Å². The lowest BCUT2D eigenvalue weighted by molar-refractivity contribution is 1.35. The molecule has 0 atom stereocenters. The highest BCUT2D eigenvalue weighted by Gasteiger charge is 2.32. The summed E-state index contributed by atoms with van der Waals surface area (Å²) < 4.78 is 0. The van der Waals surface area contributed by atoms with Crippen LogP contribution >= 0.6 is 0 Å². The Labute approximate surface area is 498 Å². The molecule has 0 heterocycles. The van der Waals surface area contributed by atoms with Crippen LogP contribution in [0.25, 0.3) is 165 Å². The standard InChI is InChI=1S/C82H48N4/c1-45-31-51(43-85)32-46(2)77(45)62-27-28-64-71-39-74-69(37-70(71)60-19-11-17-58(62)79(60)64)57-25-26-65-72(68(57)38-73(74)67-35-49(41-83)21-23-55(67)53-13-7-5-8-14-53)40-76-61-20-12-18-59-63(78-47(3)33-52(44-86)34-48(78)4)29-30-66(80(59)61)82(76)81(65)75-36-50(42-84)22-24-56(75)54-15-9-6-10-16-54/h5-40H,1-4H3. The van der Waals surface area contributed by atoms with Crippen LogP contribution in [0.2, 0.25) is 0 Å². The summed E-state index contributed by atoms with van der Waals surface area (Å²) in [5.41, 5.74) is 28.6. The van der Waals surface area contributed by atoms with E-state index in [1.165, 1.54) is 27.3 Å². The van der Waals surface area contributed by atoms with E-state index in [1.807, 2.05) is 48.5 Å². The summed E-state index contributed by atoms with van der Waals surface area (Å²) in [4.78, 5) is 0. The van der Waals surface area contributed by atoms with Gasteiger partial charge in [-0.15, -0.1) is 0 Å². The molecular weight excluding hydrogens is 1040 g/mol. The minimum absolute atomic E-state index is 0.576. The molecule has 4 heteroatoms. The van der Waals surface area contributed by atoms with Crippen LogP contribution in [0.5, 0.6) is 0 Å². The van der Waals surface area contributed by atoms with Crippen molar-refractivity contribution in [2.24, 2.45) is 0 Å². The van der Waals surface area contributed by atoms with Crippen molar-refractivity contribution >= 4 is 53.9 Å². The molecule has 0 radical (unpaired) electrons. The molecule has 396 valence electrons. The van der Waals surface area contributed by atoms with E-state index in [4.69, 9.17) is 0 Å². The molecule has 86 heavy (non-hydrogen) atoms. The van der Waals surface area contributed by atoms with Crippen molar-refractivity contribution in [2.45, 2.75) is 27.7 Å². The summed E-state index contributed by atoms with van der Waals surface area (Å²) in [5.74, 6) is 0. The quantitative estimate of drug-likeness (QED) is 0.155. The maximum atomic E-state index is 10.8. The number of hydrogen-bond donors (Lipinski definition) is 0. The van der Waals surface area contributed by atoms with Gasteiger partial charge in [-0.25, -0.2) is 0 Å². The summed E-state index contributed by atoms with van der Waals surface area (Å²) in [6.45, 7) is 8.42. The first kappa shape index (κ1) is 50.1. The summed E-state index contributed by atoms with van der Waals surface area (Å²) in [5, 5.41) is 52.5. The second-order valence-corrected chi connectivity index (χ2v) is 23.2. The van der Waals surface area contributed by atoms with Crippen molar-refractivity contribution in [2.75, 3.05) is 0 Å². The van der Waals surface area contributed by atoms with Gasteiger partial charge >= 0.3 is 0 Å². The van der Waals surface area contributed by atoms with Gasteiger partial charge in [0.05, 0.1) is 46.5 Å². The second-order valence-electron chi connectivity index (χ2n) is 23.2. The Morgan fingerprint density at radius 3 is 1.16 bits per heavy atom. The zero-order valence-electron chi connectivity index (χ0n) is 47.6. The molecule has 4 nitrogen and oxygen atoms in total. The number of benzene rings is 14. The lowest BCUT2D eigenvalue weighted by atomic mass is 9.81. The zero-order valence-corrected chi connectivity index (χ0v) is 47.6. The second kappa shape index (κ2) is 18.9. The number of rotatable bonds is 6. The summed E-state index contributed by atoms with van der Waals surface area (Å²) in [6, 6.07) is 87.7. The number of hydrogen-bond acceptors (Lipinski definition) is 4. The van der Waals surface area contributed by atoms with Crippen molar-refractivity contribution in [3.8, 4) is 136 Å². The van der Waals surface area contributed by atoms with Gasteiger partial charge in [0.15, 0.2) is 0 Å². The van der Waals surface area contributed by atoms with Crippen LogP contribution in [-0.4, -0.2) is 0 Å². The van der Waals surface area contributed by atoms with Crippen molar-refractivity contribution < 1.29 is 0 Å². The molecule has 0 aromatic heterocycles. The average molecular weight is 1090 g/mol. The van der Waals surface area contributed by atoms with E-state index in [0.717, 1.165) is 160 Å². The molecule has 14 aromatic rings. The minimum Gasteiger partial charge on any atom is -0.192 e. The fourth-order valence-corrected chi connectivity index (χ4v) is 15.0.